The fourth-order valence-electron chi connectivity index (χ4n) is 0. The first-order valence-electron chi connectivity index (χ1n) is 0.924. The van der Waals surface area contributed by atoms with Gasteiger partial charge in [-0.2, -0.15) is 8.42 Å². The van der Waals surface area contributed by atoms with E-state index in [-0.39, 0.29) is 32.4 Å². The number of hydrogen-bond donors (Lipinski definition) is 1. The molecule has 0 saturated heterocycles. The van der Waals surface area contributed by atoms with Gasteiger partial charge < -0.3 is 1.43 Å². The first-order valence-corrected chi connectivity index (χ1v) is 2.77. The van der Waals surface area contributed by atoms with E-state index in [1.165, 1.54) is 0 Å². The summed E-state index contributed by atoms with van der Waals surface area (Å²) in [4.78, 5) is 0. The van der Waals surface area contributed by atoms with Gasteiger partial charge in [0.05, 0.1) is 6.26 Å². The van der Waals surface area contributed by atoms with Gasteiger partial charge in [-0.15, -0.1) is 0 Å². The van der Waals surface area contributed by atoms with Crippen LogP contribution in [0.15, 0.2) is 0 Å². The molecule has 0 aliphatic rings. The smallest absolute Gasteiger partial charge is 1.00 e. The summed E-state index contributed by atoms with van der Waals surface area (Å²) >= 11 is 0. The third-order valence-electron chi connectivity index (χ3n) is 0. The molecule has 5 heteroatoms. The van der Waals surface area contributed by atoms with Gasteiger partial charge in [-0.25, -0.2) is 0 Å². The summed E-state index contributed by atoms with van der Waals surface area (Å²) in [5, 5.41) is 0. The van der Waals surface area contributed by atoms with Gasteiger partial charge >= 0.3 is 31.0 Å². The van der Waals surface area contributed by atoms with Crippen molar-refractivity contribution >= 4 is 10.1 Å². The molecule has 0 aromatic carbocycles. The molecule has 0 bridgehead atoms. The molecule has 0 unspecified atom stereocenters. The van der Waals surface area contributed by atoms with Crippen molar-refractivity contribution < 1.29 is 45.4 Å². The summed E-state index contributed by atoms with van der Waals surface area (Å²) in [7, 11) is -3.67. The van der Waals surface area contributed by atoms with Gasteiger partial charge in [0.25, 0.3) is 10.1 Å². The molecule has 0 heterocycles. The Kier molecular flexibility index (Phi) is 4.98. The van der Waals surface area contributed by atoms with E-state index in [4.69, 9.17) is 4.55 Å². The van der Waals surface area contributed by atoms with Crippen molar-refractivity contribution in [3.05, 3.63) is 0 Å². The Hall–Kier alpha value is 0.910. The molecule has 0 aliphatic carbocycles. The Labute approximate surface area is 61.8 Å². The molecule has 34 valence electrons. The molecular formula is CH6NaO3S+. The molecule has 0 aliphatic heterocycles. The van der Waals surface area contributed by atoms with Gasteiger partial charge in [0.15, 0.2) is 0 Å². The van der Waals surface area contributed by atoms with Crippen LogP contribution in [0.1, 0.15) is 2.85 Å². The van der Waals surface area contributed by atoms with Gasteiger partial charge in [0.1, 0.15) is 0 Å². The van der Waals surface area contributed by atoms with Crippen molar-refractivity contribution in [2.45, 2.75) is 0 Å². The van der Waals surface area contributed by atoms with E-state index in [9.17, 15) is 8.42 Å². The predicted octanol–water partition coefficient (Wildman–Crippen LogP) is -3.27. The molecule has 0 saturated carbocycles. The summed E-state index contributed by atoms with van der Waals surface area (Å²) in [6, 6.07) is 0. The van der Waals surface area contributed by atoms with E-state index in [2.05, 4.69) is 0 Å². The van der Waals surface area contributed by atoms with Crippen LogP contribution >= 0.6 is 0 Å². The van der Waals surface area contributed by atoms with Crippen molar-refractivity contribution in [1.29, 1.82) is 0 Å². The second-order valence-electron chi connectivity index (χ2n) is 0.733. The Balaban J connectivity index is -0.0000000267. The SMILES string of the molecule is CS(=O)(=O)O.[H+].[H-].[Na+]. The van der Waals surface area contributed by atoms with Crippen molar-refractivity contribution in [2.24, 2.45) is 0 Å². The van der Waals surface area contributed by atoms with Gasteiger partial charge in [0.2, 0.25) is 0 Å². The fraction of sp³-hybridized carbons (Fsp3) is 1.00. The summed E-state index contributed by atoms with van der Waals surface area (Å²) in [6.45, 7) is 0. The molecule has 0 atom stereocenters. The molecule has 0 spiro atoms. The van der Waals surface area contributed by atoms with E-state index in [1.807, 2.05) is 0 Å². The Morgan fingerprint density at radius 3 is 1.83 bits per heavy atom. The summed E-state index contributed by atoms with van der Waals surface area (Å²) in [5.74, 6) is 0. The van der Waals surface area contributed by atoms with Crippen LogP contribution in [-0.2, 0) is 10.1 Å². The normalized spacial score (nSPS) is 9.67. The zero-order chi connectivity index (χ0) is 4.50. The van der Waals surface area contributed by atoms with E-state index >= 15 is 0 Å². The second-order valence-corrected chi connectivity index (χ2v) is 2.20. The minimum atomic E-state index is -3.67. The molecule has 0 radical (unpaired) electrons. The van der Waals surface area contributed by atoms with E-state index < -0.39 is 10.1 Å². The standard InChI is InChI=1S/CH4O3S.Na.H/c1-5(2,3)4;;/h1H3,(H,2,3,4);;/q;+1;-1/p+1. The average molecular weight is 121 g/mol. The maximum atomic E-state index is 9.19. The summed E-state index contributed by atoms with van der Waals surface area (Å²) in [6.07, 6.45) is 0.715. The Morgan fingerprint density at radius 2 is 1.83 bits per heavy atom. The van der Waals surface area contributed by atoms with Crippen molar-refractivity contribution in [3.63, 3.8) is 0 Å². The summed E-state index contributed by atoms with van der Waals surface area (Å²) < 4.78 is 25.9. The molecule has 0 aromatic heterocycles. The van der Waals surface area contributed by atoms with Crippen LogP contribution in [0.5, 0.6) is 0 Å². The molecule has 0 rings (SSSR count). The van der Waals surface area contributed by atoms with Gasteiger partial charge in [-0.3, -0.25) is 4.55 Å². The van der Waals surface area contributed by atoms with Crippen LogP contribution in [0.2, 0.25) is 0 Å². The fourth-order valence-corrected chi connectivity index (χ4v) is 0. The first-order chi connectivity index (χ1) is 2.00. The van der Waals surface area contributed by atoms with E-state index in [0.717, 1.165) is 0 Å². The topological polar surface area (TPSA) is 54.4 Å². The maximum Gasteiger partial charge on any atom is 1.00 e. The molecule has 0 aromatic rings. The van der Waals surface area contributed by atoms with Crippen molar-refractivity contribution in [2.75, 3.05) is 6.26 Å². The molecule has 0 amide bonds. The largest absolute Gasteiger partial charge is 1.00 e. The molecule has 6 heavy (non-hydrogen) atoms. The average Bonchev–Trinajstić information content (AvgIpc) is 0.722. The second kappa shape index (κ2) is 2.98. The summed E-state index contributed by atoms with van der Waals surface area (Å²) in [5.41, 5.74) is 0. The monoisotopic (exact) mass is 121 g/mol. The van der Waals surface area contributed by atoms with Crippen molar-refractivity contribution in [1.82, 2.24) is 0 Å². The number of rotatable bonds is 0. The number of hydrogen-bond acceptors (Lipinski definition) is 2. The van der Waals surface area contributed by atoms with Crippen molar-refractivity contribution in [3.8, 4) is 0 Å². The Morgan fingerprint density at radius 1 is 1.83 bits per heavy atom. The van der Waals surface area contributed by atoms with Crippen LogP contribution < -0.4 is 29.6 Å². The zero-order valence-electron chi connectivity index (χ0n) is 5.67. The van der Waals surface area contributed by atoms with Gasteiger partial charge in [0, 0.05) is 0 Å². The van der Waals surface area contributed by atoms with Crippen LogP contribution in [0.3, 0.4) is 0 Å². The van der Waals surface area contributed by atoms with Crippen LogP contribution in [0.4, 0.5) is 0 Å². The minimum absolute atomic E-state index is 0. The molecule has 3 nitrogen and oxygen atoms in total. The molecule has 0 fully saturated rings. The first kappa shape index (κ1) is 10.0. The maximum absolute atomic E-state index is 9.19. The van der Waals surface area contributed by atoms with E-state index in [0.29, 0.717) is 6.26 Å². The molecule has 1 N–H and O–H groups in total. The predicted molar refractivity (Wildman–Crippen MR) is 19.7 cm³/mol. The third-order valence-corrected chi connectivity index (χ3v) is 0. The van der Waals surface area contributed by atoms with Crippen LogP contribution in [0, 0.1) is 0 Å². The van der Waals surface area contributed by atoms with E-state index in [1.54, 1.807) is 0 Å². The minimum Gasteiger partial charge on any atom is -1.00 e. The molecular weight excluding hydrogens is 115 g/mol. The quantitative estimate of drug-likeness (QED) is 0.270. The zero-order valence-corrected chi connectivity index (χ0v) is 6.49. The van der Waals surface area contributed by atoms with Gasteiger partial charge in [-0.1, -0.05) is 0 Å². The van der Waals surface area contributed by atoms with Crippen LogP contribution in [-0.4, -0.2) is 19.2 Å². The Bertz CT molecular complexity index is 100. The third kappa shape index (κ3) is 90.6. The van der Waals surface area contributed by atoms with Gasteiger partial charge in [-0.05, 0) is 0 Å². The van der Waals surface area contributed by atoms with Crippen LogP contribution in [0.25, 0.3) is 0 Å².